The fourth-order valence-electron chi connectivity index (χ4n) is 4.34. The number of carbonyl (C=O) groups excluding carboxylic acids is 1. The maximum absolute atomic E-state index is 12.7. The van der Waals surface area contributed by atoms with E-state index in [2.05, 4.69) is 32.1 Å². The number of hydrogen-bond donors (Lipinski definition) is 2. The first-order chi connectivity index (χ1) is 15.9. The Bertz CT molecular complexity index is 1270. The number of carbonyl (C=O) groups is 1. The lowest BCUT2D eigenvalue weighted by Gasteiger charge is -2.30. The van der Waals surface area contributed by atoms with E-state index in [-0.39, 0.29) is 11.8 Å². The van der Waals surface area contributed by atoms with E-state index >= 15 is 0 Å². The minimum Gasteiger partial charge on any atom is -0.324 e. The minimum absolute atomic E-state index is 0.00181. The second-order valence-electron chi connectivity index (χ2n) is 8.78. The number of aromatic nitrogens is 5. The number of rotatable bonds is 7. The maximum Gasteiger partial charge on any atom is 0.330 e. The molecule has 176 valence electrons. The smallest absolute Gasteiger partial charge is 0.324 e. The topological polar surface area (TPSA) is 118 Å². The molecule has 0 unspecified atom stereocenters. The molecule has 0 bridgehead atoms. The van der Waals surface area contributed by atoms with E-state index in [0.717, 1.165) is 50.2 Å². The van der Waals surface area contributed by atoms with Gasteiger partial charge in [-0.15, -0.1) is 0 Å². The lowest BCUT2D eigenvalue weighted by molar-refractivity contribution is -0.121. The Hall–Kier alpha value is -3.27. The van der Waals surface area contributed by atoms with E-state index in [4.69, 9.17) is 0 Å². The van der Waals surface area contributed by atoms with E-state index in [1.807, 2.05) is 26.1 Å². The highest BCUT2D eigenvalue weighted by Gasteiger charge is 2.26. The Kier molecular flexibility index (Phi) is 6.73. The molecule has 3 aromatic rings. The average molecular weight is 454 g/mol. The number of aryl methyl sites for hydroxylation is 3. The van der Waals surface area contributed by atoms with Gasteiger partial charge in [0.2, 0.25) is 5.91 Å². The van der Waals surface area contributed by atoms with E-state index < -0.39 is 11.2 Å². The van der Waals surface area contributed by atoms with Gasteiger partial charge < -0.3 is 9.88 Å². The number of pyridine rings is 1. The third kappa shape index (κ3) is 4.90. The molecule has 1 aliphatic rings. The van der Waals surface area contributed by atoms with Crippen LogP contribution in [0.15, 0.2) is 27.9 Å². The fraction of sp³-hybridized carbons (Fsp3) is 0.522. The van der Waals surface area contributed by atoms with Crippen LogP contribution in [0.5, 0.6) is 0 Å². The summed E-state index contributed by atoms with van der Waals surface area (Å²) >= 11 is 0. The number of hydrogen-bond acceptors (Lipinski definition) is 6. The van der Waals surface area contributed by atoms with Gasteiger partial charge in [0.05, 0.1) is 6.54 Å². The van der Waals surface area contributed by atoms with Crippen molar-refractivity contribution in [1.82, 2.24) is 29.0 Å². The Morgan fingerprint density at radius 3 is 2.73 bits per heavy atom. The Morgan fingerprint density at radius 2 is 2.03 bits per heavy atom. The third-order valence-electron chi connectivity index (χ3n) is 6.33. The molecule has 4 rings (SSSR count). The molecule has 4 heterocycles. The Morgan fingerprint density at radius 1 is 1.27 bits per heavy atom. The molecule has 2 N–H and O–H groups in total. The van der Waals surface area contributed by atoms with Crippen molar-refractivity contribution in [1.29, 1.82) is 0 Å². The number of imidazole rings is 1. The second-order valence-corrected chi connectivity index (χ2v) is 8.78. The van der Waals surface area contributed by atoms with Gasteiger partial charge in [0.1, 0.15) is 11.6 Å². The standard InChI is InChI=1S/C23H31N7O3/c1-4-5-10-30-20-19(22(32)27-23(30)33)28(3)18(26-20)14-29-11-7-16(8-12-29)21(31)25-17-13-15(2)6-9-24-17/h6,9,13,16H,4-5,7-8,10-12,14H2,1-3H3,(H,24,25,31)(H,27,32,33). The summed E-state index contributed by atoms with van der Waals surface area (Å²) in [5, 5.41) is 2.92. The average Bonchev–Trinajstić information content (AvgIpc) is 3.10. The van der Waals surface area contributed by atoms with E-state index in [0.29, 0.717) is 30.1 Å². The van der Waals surface area contributed by atoms with Crippen LogP contribution in [-0.4, -0.2) is 48.0 Å². The van der Waals surface area contributed by atoms with E-state index in [1.165, 1.54) is 0 Å². The van der Waals surface area contributed by atoms with Crippen LogP contribution in [-0.2, 0) is 24.9 Å². The summed E-state index contributed by atoms with van der Waals surface area (Å²) < 4.78 is 3.33. The van der Waals surface area contributed by atoms with Gasteiger partial charge in [-0.25, -0.2) is 14.8 Å². The van der Waals surface area contributed by atoms with Gasteiger partial charge in [0.25, 0.3) is 5.56 Å². The van der Waals surface area contributed by atoms with Crippen LogP contribution in [0.25, 0.3) is 11.2 Å². The van der Waals surface area contributed by atoms with Crippen LogP contribution in [0.2, 0.25) is 0 Å². The quantitative estimate of drug-likeness (QED) is 0.563. The zero-order valence-corrected chi connectivity index (χ0v) is 19.4. The predicted octanol–water partition coefficient (Wildman–Crippen LogP) is 1.78. The van der Waals surface area contributed by atoms with Crippen LogP contribution >= 0.6 is 0 Å². The highest BCUT2D eigenvalue weighted by Crippen LogP contribution is 2.21. The van der Waals surface area contributed by atoms with E-state index in [9.17, 15) is 14.4 Å². The lowest BCUT2D eigenvalue weighted by Crippen LogP contribution is -2.38. The van der Waals surface area contributed by atoms with Crippen LogP contribution < -0.4 is 16.6 Å². The van der Waals surface area contributed by atoms with Crippen molar-refractivity contribution in [3.63, 3.8) is 0 Å². The number of piperidine rings is 1. The van der Waals surface area contributed by atoms with Crippen LogP contribution in [0.4, 0.5) is 5.82 Å². The third-order valence-corrected chi connectivity index (χ3v) is 6.33. The number of unbranched alkanes of at least 4 members (excludes halogenated alkanes) is 1. The molecule has 0 spiro atoms. The second kappa shape index (κ2) is 9.70. The summed E-state index contributed by atoms with van der Waals surface area (Å²) in [6, 6.07) is 3.76. The van der Waals surface area contributed by atoms with Gasteiger partial charge in [-0.1, -0.05) is 13.3 Å². The minimum atomic E-state index is -0.416. The number of H-pyrrole nitrogens is 1. The molecule has 0 atom stereocenters. The van der Waals surface area contributed by atoms with Gasteiger partial charge in [0, 0.05) is 25.7 Å². The van der Waals surface area contributed by atoms with Crippen molar-refractivity contribution in [2.75, 3.05) is 18.4 Å². The molecule has 1 aliphatic heterocycles. The molecule has 33 heavy (non-hydrogen) atoms. The number of nitrogens with one attached hydrogen (secondary N) is 2. The first kappa shape index (κ1) is 22.9. The number of nitrogens with zero attached hydrogens (tertiary/aromatic N) is 5. The number of anilines is 1. The molecule has 1 saturated heterocycles. The normalized spacial score (nSPS) is 15.2. The molecule has 1 amide bonds. The maximum atomic E-state index is 12.7. The van der Waals surface area contributed by atoms with Gasteiger partial charge in [-0.2, -0.15) is 0 Å². The van der Waals surface area contributed by atoms with Gasteiger partial charge in [0.15, 0.2) is 11.2 Å². The molecule has 0 aromatic carbocycles. The van der Waals surface area contributed by atoms with Crippen molar-refractivity contribution < 1.29 is 4.79 Å². The lowest BCUT2D eigenvalue weighted by atomic mass is 9.96. The Labute approximate surface area is 191 Å². The van der Waals surface area contributed by atoms with Crippen LogP contribution in [0, 0.1) is 12.8 Å². The summed E-state index contributed by atoms with van der Waals surface area (Å²) in [5.74, 6) is 1.26. The summed E-state index contributed by atoms with van der Waals surface area (Å²) in [6.07, 6.45) is 4.94. The van der Waals surface area contributed by atoms with Crippen molar-refractivity contribution in [2.24, 2.45) is 13.0 Å². The molecule has 0 saturated carbocycles. The summed E-state index contributed by atoms with van der Waals surface area (Å²) in [6.45, 7) is 6.60. The van der Waals surface area contributed by atoms with Crippen molar-refractivity contribution in [3.05, 3.63) is 50.6 Å². The molecule has 3 aromatic heterocycles. The van der Waals surface area contributed by atoms with Crippen molar-refractivity contribution in [3.8, 4) is 0 Å². The number of fused-ring (bicyclic) bond motifs is 1. The number of likely N-dealkylation sites (tertiary alicyclic amines) is 1. The number of aromatic amines is 1. The van der Waals surface area contributed by atoms with Crippen molar-refractivity contribution in [2.45, 2.75) is 52.6 Å². The monoisotopic (exact) mass is 453 g/mol. The summed E-state index contributed by atoms with van der Waals surface area (Å²) in [7, 11) is 1.81. The van der Waals surface area contributed by atoms with Crippen LogP contribution in [0.1, 0.15) is 44.0 Å². The molecule has 10 heteroatoms. The summed E-state index contributed by atoms with van der Waals surface area (Å²) in [4.78, 5) is 51.0. The zero-order valence-electron chi connectivity index (χ0n) is 19.4. The SMILES string of the molecule is CCCCn1c(=O)[nH]c(=O)c2c1nc(CN1CCC(C(=O)Nc3cc(C)ccn3)CC1)n2C. The molecule has 10 nitrogen and oxygen atoms in total. The predicted molar refractivity (Wildman–Crippen MR) is 126 cm³/mol. The fourth-order valence-corrected chi connectivity index (χ4v) is 4.34. The number of amides is 1. The van der Waals surface area contributed by atoms with Crippen LogP contribution in [0.3, 0.4) is 0 Å². The van der Waals surface area contributed by atoms with E-state index in [1.54, 1.807) is 15.3 Å². The Balaban J connectivity index is 1.44. The first-order valence-corrected chi connectivity index (χ1v) is 11.5. The largest absolute Gasteiger partial charge is 0.330 e. The molecule has 1 fully saturated rings. The van der Waals surface area contributed by atoms with Crippen molar-refractivity contribution >= 4 is 22.9 Å². The molecular formula is C23H31N7O3. The molecule has 0 aliphatic carbocycles. The molecule has 0 radical (unpaired) electrons. The molecular weight excluding hydrogens is 422 g/mol. The highest BCUT2D eigenvalue weighted by atomic mass is 16.2. The summed E-state index contributed by atoms with van der Waals surface area (Å²) in [5.41, 5.74) is 1.08. The highest BCUT2D eigenvalue weighted by molar-refractivity contribution is 5.91. The van der Waals surface area contributed by atoms with Gasteiger partial charge >= 0.3 is 5.69 Å². The van der Waals surface area contributed by atoms with Gasteiger partial charge in [-0.05, 0) is 57.0 Å². The van der Waals surface area contributed by atoms with Gasteiger partial charge in [-0.3, -0.25) is 24.0 Å². The first-order valence-electron chi connectivity index (χ1n) is 11.5. The zero-order chi connectivity index (χ0) is 23.5.